The van der Waals surface area contributed by atoms with Crippen LogP contribution in [0.15, 0.2) is 93.8 Å². The summed E-state index contributed by atoms with van der Waals surface area (Å²) in [6.45, 7) is 1.95. The van der Waals surface area contributed by atoms with Gasteiger partial charge in [-0.05, 0) is 37.3 Å². The third-order valence-corrected chi connectivity index (χ3v) is 5.34. The topological polar surface area (TPSA) is 99.4 Å². The number of benzene rings is 3. The predicted octanol–water partition coefficient (Wildman–Crippen LogP) is 6.73. The van der Waals surface area contributed by atoms with E-state index in [9.17, 15) is 14.9 Å². The van der Waals surface area contributed by atoms with Crippen LogP contribution in [0.4, 0.5) is 5.69 Å². The minimum absolute atomic E-state index is 0.0345. The standard InChI is InChI=1S/C27H18N2O5/c1-17-9-11-18(12-10-17)26(30)22(27-28-23-7-2-3-8-25(23)34-27)16-21-13-14-24(33-21)19-5-4-6-20(15-19)29(31)32/h2-16H,1H3/b22-16-. The molecule has 0 saturated heterocycles. The summed E-state index contributed by atoms with van der Waals surface area (Å²) in [6.07, 6.45) is 1.58. The highest BCUT2D eigenvalue weighted by Crippen LogP contribution is 2.30. The van der Waals surface area contributed by atoms with Crippen molar-refractivity contribution >= 4 is 34.2 Å². The predicted molar refractivity (Wildman–Crippen MR) is 128 cm³/mol. The van der Waals surface area contributed by atoms with Crippen LogP contribution in [0, 0.1) is 17.0 Å². The maximum atomic E-state index is 13.4. The number of fused-ring (bicyclic) bond motifs is 1. The van der Waals surface area contributed by atoms with Crippen molar-refractivity contribution in [1.82, 2.24) is 4.98 Å². The van der Waals surface area contributed by atoms with E-state index in [1.54, 1.807) is 48.5 Å². The molecule has 2 aromatic heterocycles. The van der Waals surface area contributed by atoms with Gasteiger partial charge < -0.3 is 8.83 Å². The summed E-state index contributed by atoms with van der Waals surface area (Å²) in [7, 11) is 0. The van der Waals surface area contributed by atoms with Crippen molar-refractivity contribution < 1.29 is 18.6 Å². The second-order valence-corrected chi connectivity index (χ2v) is 7.75. The molecule has 3 aromatic carbocycles. The van der Waals surface area contributed by atoms with Crippen molar-refractivity contribution in [2.45, 2.75) is 6.92 Å². The molecule has 0 N–H and O–H groups in total. The highest BCUT2D eigenvalue weighted by Gasteiger charge is 2.21. The minimum atomic E-state index is -0.459. The molecule has 0 atom stereocenters. The normalized spacial score (nSPS) is 11.6. The van der Waals surface area contributed by atoms with Crippen LogP contribution in [0.3, 0.4) is 0 Å². The van der Waals surface area contributed by atoms with E-state index in [1.807, 2.05) is 37.3 Å². The fourth-order valence-corrected chi connectivity index (χ4v) is 3.57. The minimum Gasteiger partial charge on any atom is -0.457 e. The van der Waals surface area contributed by atoms with Crippen molar-refractivity contribution in [3.63, 3.8) is 0 Å². The number of ketones is 1. The van der Waals surface area contributed by atoms with Crippen molar-refractivity contribution in [3.8, 4) is 11.3 Å². The monoisotopic (exact) mass is 450 g/mol. The van der Waals surface area contributed by atoms with Crippen LogP contribution in [0.1, 0.15) is 27.6 Å². The molecule has 0 fully saturated rings. The van der Waals surface area contributed by atoms with Crippen LogP contribution < -0.4 is 0 Å². The van der Waals surface area contributed by atoms with Crippen LogP contribution >= 0.6 is 0 Å². The van der Waals surface area contributed by atoms with Gasteiger partial charge in [-0.3, -0.25) is 14.9 Å². The molecule has 2 heterocycles. The maximum Gasteiger partial charge on any atom is 0.270 e. The van der Waals surface area contributed by atoms with E-state index in [0.717, 1.165) is 5.56 Å². The van der Waals surface area contributed by atoms with E-state index in [2.05, 4.69) is 4.98 Å². The van der Waals surface area contributed by atoms with Crippen molar-refractivity contribution in [3.05, 3.63) is 118 Å². The number of nitrogens with zero attached hydrogens (tertiary/aromatic N) is 2. The maximum absolute atomic E-state index is 13.4. The van der Waals surface area contributed by atoms with Crippen LogP contribution in [-0.2, 0) is 0 Å². The Morgan fingerprint density at radius 1 is 0.941 bits per heavy atom. The number of furan rings is 1. The molecule has 34 heavy (non-hydrogen) atoms. The number of rotatable bonds is 6. The number of Topliss-reactive ketones (excluding diaryl/α,β-unsaturated/α-hetero) is 1. The molecule has 0 aliphatic rings. The Hall–Kier alpha value is -4.78. The van der Waals surface area contributed by atoms with Crippen molar-refractivity contribution in [2.24, 2.45) is 0 Å². The van der Waals surface area contributed by atoms with E-state index in [1.165, 1.54) is 12.1 Å². The molecule has 166 valence electrons. The summed E-state index contributed by atoms with van der Waals surface area (Å²) in [5, 5.41) is 11.1. The Morgan fingerprint density at radius 3 is 2.50 bits per heavy atom. The molecular formula is C27H18N2O5. The smallest absolute Gasteiger partial charge is 0.270 e. The first-order valence-electron chi connectivity index (χ1n) is 10.5. The second kappa shape index (κ2) is 8.63. The van der Waals surface area contributed by atoms with Crippen molar-refractivity contribution in [2.75, 3.05) is 0 Å². The van der Waals surface area contributed by atoms with E-state index in [0.29, 0.717) is 33.7 Å². The lowest BCUT2D eigenvalue weighted by molar-refractivity contribution is -0.384. The number of nitro groups is 1. The van der Waals surface area contributed by atoms with Gasteiger partial charge in [0.25, 0.3) is 5.69 Å². The van der Waals surface area contributed by atoms with Gasteiger partial charge in [0.15, 0.2) is 11.4 Å². The Labute approximate surface area is 194 Å². The molecule has 0 bridgehead atoms. The number of oxazole rings is 1. The summed E-state index contributed by atoms with van der Waals surface area (Å²) in [6, 6.07) is 24.1. The number of aromatic nitrogens is 1. The van der Waals surface area contributed by atoms with E-state index < -0.39 is 4.92 Å². The molecule has 0 saturated carbocycles. The quantitative estimate of drug-likeness (QED) is 0.123. The average molecular weight is 450 g/mol. The summed E-state index contributed by atoms with van der Waals surface area (Å²) in [4.78, 5) is 28.6. The highest BCUT2D eigenvalue weighted by atomic mass is 16.6. The molecule has 0 radical (unpaired) electrons. The first-order chi connectivity index (χ1) is 16.5. The lowest BCUT2D eigenvalue weighted by Gasteiger charge is -2.04. The van der Waals surface area contributed by atoms with Crippen LogP contribution in [0.2, 0.25) is 0 Å². The van der Waals surface area contributed by atoms with Gasteiger partial charge in [0, 0.05) is 23.3 Å². The average Bonchev–Trinajstić information content (AvgIpc) is 3.50. The third kappa shape index (κ3) is 4.14. The number of allylic oxidation sites excluding steroid dienone is 1. The van der Waals surface area contributed by atoms with Gasteiger partial charge in [-0.25, -0.2) is 4.98 Å². The lowest BCUT2D eigenvalue weighted by Crippen LogP contribution is -2.03. The molecule has 7 nitrogen and oxygen atoms in total. The van der Waals surface area contributed by atoms with E-state index >= 15 is 0 Å². The Kier molecular flexibility index (Phi) is 5.35. The molecule has 0 aliphatic carbocycles. The zero-order valence-corrected chi connectivity index (χ0v) is 18.1. The Bertz CT molecular complexity index is 1520. The number of non-ortho nitro benzene ring substituents is 1. The fraction of sp³-hybridized carbons (Fsp3) is 0.0370. The van der Waals surface area contributed by atoms with Crippen LogP contribution in [-0.4, -0.2) is 15.7 Å². The van der Waals surface area contributed by atoms with E-state index in [4.69, 9.17) is 8.83 Å². The van der Waals surface area contributed by atoms with Crippen LogP contribution in [0.25, 0.3) is 34.1 Å². The number of hydrogen-bond donors (Lipinski definition) is 0. The first-order valence-corrected chi connectivity index (χ1v) is 10.5. The SMILES string of the molecule is Cc1ccc(C(=O)/C(=C/c2ccc(-c3cccc([N+](=O)[O-])c3)o2)c2nc3ccccc3o2)cc1. The zero-order chi connectivity index (χ0) is 23.7. The lowest BCUT2D eigenvalue weighted by atomic mass is 10.0. The first kappa shape index (κ1) is 21.1. The van der Waals surface area contributed by atoms with Gasteiger partial charge >= 0.3 is 0 Å². The van der Waals surface area contributed by atoms with Crippen LogP contribution in [0.5, 0.6) is 0 Å². The van der Waals surface area contributed by atoms with Gasteiger partial charge in [0.1, 0.15) is 17.0 Å². The number of aryl methyl sites for hydroxylation is 1. The largest absolute Gasteiger partial charge is 0.457 e. The Balaban J connectivity index is 1.58. The Morgan fingerprint density at radius 2 is 1.74 bits per heavy atom. The van der Waals surface area contributed by atoms with Gasteiger partial charge in [0.05, 0.1) is 10.5 Å². The number of nitro benzene ring substituents is 1. The highest BCUT2D eigenvalue weighted by molar-refractivity contribution is 6.31. The molecule has 0 aliphatic heterocycles. The van der Waals surface area contributed by atoms with E-state index in [-0.39, 0.29) is 22.9 Å². The molecule has 5 rings (SSSR count). The van der Waals surface area contributed by atoms with Gasteiger partial charge in [-0.2, -0.15) is 0 Å². The molecule has 0 spiro atoms. The van der Waals surface area contributed by atoms with Gasteiger partial charge in [-0.1, -0.05) is 54.1 Å². The zero-order valence-electron chi connectivity index (χ0n) is 18.1. The van der Waals surface area contributed by atoms with Gasteiger partial charge in [0.2, 0.25) is 5.89 Å². The van der Waals surface area contributed by atoms with Gasteiger partial charge in [-0.15, -0.1) is 0 Å². The summed E-state index contributed by atoms with van der Waals surface area (Å²) >= 11 is 0. The second-order valence-electron chi connectivity index (χ2n) is 7.75. The molecule has 5 aromatic rings. The summed E-state index contributed by atoms with van der Waals surface area (Å²) in [5.74, 6) is 0.744. The number of hydrogen-bond acceptors (Lipinski definition) is 6. The summed E-state index contributed by atoms with van der Waals surface area (Å²) < 4.78 is 11.8. The van der Waals surface area contributed by atoms with Crippen molar-refractivity contribution in [1.29, 1.82) is 0 Å². The molecular weight excluding hydrogens is 432 g/mol. The molecule has 7 heteroatoms. The fourth-order valence-electron chi connectivity index (χ4n) is 3.57. The molecule has 0 unspecified atom stereocenters. The third-order valence-electron chi connectivity index (χ3n) is 5.34. The number of carbonyl (C=O) groups is 1. The summed E-state index contributed by atoms with van der Waals surface area (Å²) in [5.41, 5.74) is 3.49. The number of para-hydroxylation sites is 2. The number of carbonyl (C=O) groups excluding carboxylic acids is 1. The molecule has 0 amide bonds.